The van der Waals surface area contributed by atoms with Crippen molar-refractivity contribution in [3.63, 3.8) is 0 Å². The molecule has 1 amide bonds. The molecule has 0 bridgehead atoms. The Hall–Kier alpha value is -4.28. The highest BCUT2D eigenvalue weighted by Gasteiger charge is 2.33. The van der Waals surface area contributed by atoms with Gasteiger partial charge in [-0.1, -0.05) is 45.6 Å². The summed E-state index contributed by atoms with van der Waals surface area (Å²) in [5.74, 6) is 8.13. The Kier molecular flexibility index (Phi) is 10.9. The number of allylic oxidation sites excluding steroid dienone is 3. The number of carbonyl (C=O) groups is 1. The molecule has 0 radical (unpaired) electrons. The predicted molar refractivity (Wildman–Crippen MR) is 194 cm³/mol. The number of nitrogens with one attached hydrogen (secondary N) is 1. The Labute approximate surface area is 289 Å². The summed E-state index contributed by atoms with van der Waals surface area (Å²) >= 11 is 0. The van der Waals surface area contributed by atoms with Gasteiger partial charge in [0.1, 0.15) is 23.5 Å². The van der Waals surface area contributed by atoms with E-state index in [4.69, 9.17) is 20.3 Å². The van der Waals surface area contributed by atoms with E-state index in [0.717, 1.165) is 65.9 Å². The SMILES string of the molecule is C=C(/C=C\C(=N/N)C(C)C)c1ccc(Oc2cc3nc(NC4CCN(C5CCOCC5)CC4F)ccc3cc2CN2C[C@@H](C)CC2=O)cc1. The van der Waals surface area contributed by atoms with Crippen molar-refractivity contribution >= 4 is 33.9 Å². The van der Waals surface area contributed by atoms with Crippen LogP contribution in [0.4, 0.5) is 10.2 Å². The van der Waals surface area contributed by atoms with E-state index in [1.165, 1.54) is 0 Å². The first kappa shape index (κ1) is 34.6. The van der Waals surface area contributed by atoms with E-state index in [0.29, 0.717) is 61.8 Å². The van der Waals surface area contributed by atoms with Crippen LogP contribution in [0.3, 0.4) is 0 Å². The Morgan fingerprint density at radius 2 is 1.92 bits per heavy atom. The monoisotopic (exact) mass is 668 g/mol. The Morgan fingerprint density at radius 3 is 2.59 bits per heavy atom. The molecule has 260 valence electrons. The number of nitrogens with two attached hydrogens (primary N) is 1. The van der Waals surface area contributed by atoms with E-state index in [1.807, 2.05) is 79.4 Å². The molecular formula is C39H49FN6O3. The molecule has 49 heavy (non-hydrogen) atoms. The van der Waals surface area contributed by atoms with Crippen LogP contribution in [0.2, 0.25) is 0 Å². The minimum atomic E-state index is -0.989. The summed E-state index contributed by atoms with van der Waals surface area (Å²) in [6.45, 7) is 14.3. The lowest BCUT2D eigenvalue weighted by Gasteiger charge is -2.41. The number of aromatic nitrogens is 1. The first-order chi connectivity index (χ1) is 23.7. The smallest absolute Gasteiger partial charge is 0.223 e. The maximum Gasteiger partial charge on any atom is 0.223 e. The second-order valence-electron chi connectivity index (χ2n) is 14.0. The van der Waals surface area contributed by atoms with Gasteiger partial charge < -0.3 is 25.5 Å². The number of carbonyl (C=O) groups excluding carboxylic acids is 1. The fourth-order valence-electron chi connectivity index (χ4n) is 7.02. The number of alkyl halides is 1. The zero-order valence-electron chi connectivity index (χ0n) is 28.9. The quantitative estimate of drug-likeness (QED) is 0.0988. The molecule has 3 N–H and O–H groups in total. The van der Waals surface area contributed by atoms with Crippen LogP contribution in [0, 0.1) is 11.8 Å². The molecule has 3 aromatic rings. The first-order valence-corrected chi connectivity index (χ1v) is 17.5. The Morgan fingerprint density at radius 1 is 1.14 bits per heavy atom. The number of fused-ring (bicyclic) bond motifs is 1. The van der Waals surface area contributed by atoms with Crippen molar-refractivity contribution in [2.24, 2.45) is 22.8 Å². The molecule has 3 saturated heterocycles. The lowest BCUT2D eigenvalue weighted by molar-refractivity contribution is -0.128. The number of amides is 1. The van der Waals surface area contributed by atoms with E-state index in [1.54, 1.807) is 0 Å². The first-order valence-electron chi connectivity index (χ1n) is 17.5. The highest BCUT2D eigenvalue weighted by atomic mass is 19.1. The number of piperidine rings is 1. The van der Waals surface area contributed by atoms with Gasteiger partial charge in [0.05, 0.1) is 17.3 Å². The predicted octanol–water partition coefficient (Wildman–Crippen LogP) is 6.94. The van der Waals surface area contributed by atoms with E-state index >= 15 is 4.39 Å². The minimum absolute atomic E-state index is 0.149. The highest BCUT2D eigenvalue weighted by molar-refractivity contribution is 5.98. The summed E-state index contributed by atoms with van der Waals surface area (Å²) < 4.78 is 27.4. The second kappa shape index (κ2) is 15.5. The van der Waals surface area contributed by atoms with E-state index in [9.17, 15) is 4.79 Å². The molecule has 0 saturated carbocycles. The molecule has 0 aliphatic carbocycles. The molecule has 3 aliphatic rings. The van der Waals surface area contributed by atoms with Crippen molar-refractivity contribution in [2.45, 2.75) is 71.3 Å². The molecule has 3 atom stereocenters. The van der Waals surface area contributed by atoms with Crippen LogP contribution in [-0.2, 0) is 16.1 Å². The molecule has 4 heterocycles. The van der Waals surface area contributed by atoms with E-state index < -0.39 is 6.17 Å². The summed E-state index contributed by atoms with van der Waals surface area (Å²) in [5, 5.41) is 8.17. The van der Waals surface area contributed by atoms with Gasteiger partial charge in [-0.3, -0.25) is 9.69 Å². The number of nitrogens with zero attached hydrogens (tertiary/aromatic N) is 4. The van der Waals surface area contributed by atoms with Gasteiger partial charge in [0.15, 0.2) is 0 Å². The van der Waals surface area contributed by atoms with Gasteiger partial charge in [0.25, 0.3) is 0 Å². The molecule has 9 nitrogen and oxygen atoms in total. The van der Waals surface area contributed by atoms with Crippen molar-refractivity contribution in [3.8, 4) is 11.5 Å². The maximum atomic E-state index is 15.4. The molecule has 2 aromatic carbocycles. The number of likely N-dealkylation sites (tertiary alicyclic amines) is 2. The summed E-state index contributed by atoms with van der Waals surface area (Å²) in [6, 6.07) is 15.7. The summed E-state index contributed by atoms with van der Waals surface area (Å²) in [7, 11) is 0. The largest absolute Gasteiger partial charge is 0.457 e. The molecule has 3 fully saturated rings. The van der Waals surface area contributed by atoms with Crippen molar-refractivity contribution < 1.29 is 18.7 Å². The number of hydrogen-bond acceptors (Lipinski definition) is 8. The number of ether oxygens (including phenoxy) is 2. The molecule has 3 aliphatic heterocycles. The number of anilines is 1. The third kappa shape index (κ3) is 8.48. The fourth-order valence-corrected chi connectivity index (χ4v) is 7.02. The third-order valence-electron chi connectivity index (χ3n) is 9.90. The molecular weight excluding hydrogens is 619 g/mol. The van der Waals surface area contributed by atoms with Crippen LogP contribution in [-0.4, -0.2) is 77.5 Å². The molecule has 1 aromatic heterocycles. The van der Waals surface area contributed by atoms with Crippen LogP contribution in [0.15, 0.2) is 72.4 Å². The average Bonchev–Trinajstić information content (AvgIpc) is 3.42. The lowest BCUT2D eigenvalue weighted by atomic mass is 9.98. The third-order valence-corrected chi connectivity index (χ3v) is 9.90. The number of pyridine rings is 1. The van der Waals surface area contributed by atoms with Crippen molar-refractivity contribution in [1.82, 2.24) is 14.8 Å². The Balaban J connectivity index is 1.20. The molecule has 6 rings (SSSR count). The zero-order valence-corrected chi connectivity index (χ0v) is 28.9. The van der Waals surface area contributed by atoms with Crippen LogP contribution in [0.1, 0.15) is 57.6 Å². The summed E-state index contributed by atoms with van der Waals surface area (Å²) in [6.07, 6.45) is 6.01. The number of rotatable bonds is 11. The van der Waals surface area contributed by atoms with Gasteiger partial charge >= 0.3 is 0 Å². The zero-order chi connectivity index (χ0) is 34.5. The number of hydrazone groups is 1. The topological polar surface area (TPSA) is 105 Å². The standard InChI is InChI=1S/C39H49FN6O3/c1-25(2)34(44-41)11-5-27(4)28-6-9-32(10-7-28)49-37-21-36-29(20-30(37)23-46-22-26(3)19-39(46)47)8-12-38(43-36)42-35-13-16-45(24-33(35)40)31-14-17-48-18-15-31/h5-12,20-21,25-26,31,33,35H,4,13-19,22-24,41H2,1-3H3,(H,42,43)/b11-5-,44-34+/t26-,33?,35?/m0/s1. The van der Waals surface area contributed by atoms with E-state index in [2.05, 4.69) is 28.8 Å². The fraction of sp³-hybridized carbons (Fsp3) is 0.462. The average molecular weight is 669 g/mol. The normalized spacial score (nSPS) is 22.8. The van der Waals surface area contributed by atoms with E-state index in [-0.39, 0.29) is 17.9 Å². The maximum absolute atomic E-state index is 15.4. The van der Waals surface area contributed by atoms with Crippen molar-refractivity contribution in [1.29, 1.82) is 0 Å². The number of benzene rings is 2. The molecule has 0 spiro atoms. The molecule has 10 heteroatoms. The number of hydrogen-bond donors (Lipinski definition) is 2. The molecule has 2 unspecified atom stereocenters. The van der Waals surface area contributed by atoms with Gasteiger partial charge in [-0.15, -0.1) is 0 Å². The second-order valence-corrected chi connectivity index (χ2v) is 14.0. The van der Waals surface area contributed by atoms with Crippen LogP contribution in [0.5, 0.6) is 11.5 Å². The number of halogens is 1. The van der Waals surface area contributed by atoms with Crippen LogP contribution < -0.4 is 15.9 Å². The van der Waals surface area contributed by atoms with Gasteiger partial charge in [0, 0.05) is 68.9 Å². The van der Waals surface area contributed by atoms with Gasteiger partial charge in [-0.2, -0.15) is 5.10 Å². The van der Waals surface area contributed by atoms with Crippen LogP contribution >= 0.6 is 0 Å². The minimum Gasteiger partial charge on any atom is -0.457 e. The summed E-state index contributed by atoms with van der Waals surface area (Å²) in [5.41, 5.74) is 4.21. The van der Waals surface area contributed by atoms with Gasteiger partial charge in [0.2, 0.25) is 5.91 Å². The Bertz CT molecular complexity index is 1700. The highest BCUT2D eigenvalue weighted by Crippen LogP contribution is 2.34. The van der Waals surface area contributed by atoms with Gasteiger partial charge in [-0.25, -0.2) is 9.37 Å². The van der Waals surface area contributed by atoms with Gasteiger partial charge in [-0.05, 0) is 78.6 Å². The lowest BCUT2D eigenvalue weighted by Crippen LogP contribution is -2.52. The van der Waals surface area contributed by atoms with Crippen LogP contribution in [0.25, 0.3) is 16.5 Å². The summed E-state index contributed by atoms with van der Waals surface area (Å²) in [4.78, 5) is 21.8. The van der Waals surface area contributed by atoms with Crippen molar-refractivity contribution in [3.05, 3.63) is 78.4 Å². The van der Waals surface area contributed by atoms with Crippen molar-refractivity contribution in [2.75, 3.05) is 38.2 Å².